The first kappa shape index (κ1) is 17.7. The summed E-state index contributed by atoms with van der Waals surface area (Å²) in [5.74, 6) is 0.00244. The molecule has 132 valence electrons. The highest BCUT2D eigenvalue weighted by molar-refractivity contribution is 5.95. The third kappa shape index (κ3) is 4.93. The highest BCUT2D eigenvalue weighted by Crippen LogP contribution is 2.15. The van der Waals surface area contributed by atoms with Gasteiger partial charge in [0.25, 0.3) is 5.91 Å². The van der Waals surface area contributed by atoms with Gasteiger partial charge in [0.05, 0.1) is 0 Å². The first-order valence-corrected chi connectivity index (χ1v) is 9.27. The molecule has 2 aromatic carbocycles. The molecule has 0 saturated carbocycles. The summed E-state index contributed by atoms with van der Waals surface area (Å²) in [6.07, 6.45) is 3.98. The van der Waals surface area contributed by atoms with E-state index in [0.29, 0.717) is 6.54 Å². The Bertz CT molecular complexity index is 733. The van der Waals surface area contributed by atoms with Gasteiger partial charge in [-0.25, -0.2) is 0 Å². The van der Waals surface area contributed by atoms with Crippen LogP contribution in [0.25, 0.3) is 0 Å². The topological polar surface area (TPSA) is 32.3 Å². The minimum absolute atomic E-state index is 0.00244. The van der Waals surface area contributed by atoms with E-state index in [1.165, 1.54) is 37.9 Å². The molecule has 2 aromatic rings. The van der Waals surface area contributed by atoms with Crippen molar-refractivity contribution in [1.29, 1.82) is 0 Å². The lowest BCUT2D eigenvalue weighted by molar-refractivity contribution is 0.0950. The van der Waals surface area contributed by atoms with Gasteiger partial charge < -0.3 is 5.32 Å². The van der Waals surface area contributed by atoms with Crippen LogP contribution in [0.4, 0.5) is 0 Å². The third-order valence-electron chi connectivity index (χ3n) is 4.94. The molecule has 3 rings (SSSR count). The van der Waals surface area contributed by atoms with E-state index in [2.05, 4.69) is 34.5 Å². The lowest BCUT2D eigenvalue weighted by atomic mass is 10.0. The molecule has 1 saturated heterocycles. The lowest BCUT2D eigenvalue weighted by Crippen LogP contribution is -2.29. The molecule has 25 heavy (non-hydrogen) atoms. The second kappa shape index (κ2) is 8.30. The van der Waals surface area contributed by atoms with Gasteiger partial charge in [-0.3, -0.25) is 9.69 Å². The van der Waals surface area contributed by atoms with Crippen molar-refractivity contribution in [2.45, 2.75) is 46.2 Å². The van der Waals surface area contributed by atoms with Crippen molar-refractivity contribution in [3.63, 3.8) is 0 Å². The van der Waals surface area contributed by atoms with E-state index in [0.717, 1.165) is 28.8 Å². The maximum Gasteiger partial charge on any atom is 0.251 e. The fourth-order valence-electron chi connectivity index (χ4n) is 3.47. The Morgan fingerprint density at radius 1 is 1.00 bits per heavy atom. The zero-order valence-electron chi connectivity index (χ0n) is 15.3. The Hall–Kier alpha value is -2.13. The number of nitrogens with zero attached hydrogens (tertiary/aromatic N) is 1. The minimum Gasteiger partial charge on any atom is -0.348 e. The molecule has 3 heteroatoms. The second-order valence-corrected chi connectivity index (χ2v) is 7.16. The normalized spacial score (nSPS) is 15.1. The Labute approximate surface area is 151 Å². The predicted molar refractivity (Wildman–Crippen MR) is 103 cm³/mol. The fourth-order valence-corrected chi connectivity index (χ4v) is 3.47. The summed E-state index contributed by atoms with van der Waals surface area (Å²) >= 11 is 0. The number of hydrogen-bond acceptors (Lipinski definition) is 2. The number of hydrogen-bond donors (Lipinski definition) is 1. The second-order valence-electron chi connectivity index (χ2n) is 7.16. The summed E-state index contributed by atoms with van der Waals surface area (Å²) in [5.41, 5.74) is 5.39. The molecular formula is C22H28N2O. The number of piperidine rings is 1. The fraction of sp³-hybridized carbons (Fsp3) is 0.409. The number of amides is 1. The summed E-state index contributed by atoms with van der Waals surface area (Å²) < 4.78 is 0. The first-order chi connectivity index (χ1) is 12.1. The van der Waals surface area contributed by atoms with Gasteiger partial charge >= 0.3 is 0 Å². The van der Waals surface area contributed by atoms with Gasteiger partial charge in [-0.2, -0.15) is 0 Å². The molecule has 0 radical (unpaired) electrons. The number of carbonyl (C=O) groups excluding carboxylic acids is 1. The summed E-state index contributed by atoms with van der Waals surface area (Å²) in [6, 6.07) is 14.6. The molecule has 0 atom stereocenters. The van der Waals surface area contributed by atoms with Crippen LogP contribution in [0.1, 0.15) is 51.9 Å². The summed E-state index contributed by atoms with van der Waals surface area (Å²) in [5, 5.41) is 3.06. The number of likely N-dealkylation sites (tertiary alicyclic amines) is 1. The zero-order valence-corrected chi connectivity index (χ0v) is 15.3. The van der Waals surface area contributed by atoms with Gasteiger partial charge in [0.2, 0.25) is 0 Å². The highest BCUT2D eigenvalue weighted by atomic mass is 16.1. The molecule has 0 unspecified atom stereocenters. The number of nitrogens with one attached hydrogen (secondary N) is 1. The van der Waals surface area contributed by atoms with Crippen LogP contribution >= 0.6 is 0 Å². The van der Waals surface area contributed by atoms with Gasteiger partial charge in [-0.05, 0) is 62.5 Å². The van der Waals surface area contributed by atoms with E-state index >= 15 is 0 Å². The van der Waals surface area contributed by atoms with Gasteiger partial charge in [0.1, 0.15) is 0 Å². The number of rotatable bonds is 5. The molecule has 1 N–H and O–H groups in total. The van der Waals surface area contributed by atoms with Crippen molar-refractivity contribution >= 4 is 5.91 Å². The molecule has 1 fully saturated rings. The van der Waals surface area contributed by atoms with E-state index < -0.39 is 0 Å². The van der Waals surface area contributed by atoms with Crippen molar-refractivity contribution in [2.75, 3.05) is 13.1 Å². The summed E-state index contributed by atoms with van der Waals surface area (Å²) in [6.45, 7) is 7.98. The molecule has 0 spiro atoms. The quantitative estimate of drug-likeness (QED) is 0.886. The number of benzene rings is 2. The van der Waals surface area contributed by atoms with Crippen molar-refractivity contribution in [1.82, 2.24) is 10.2 Å². The lowest BCUT2D eigenvalue weighted by Gasteiger charge is -2.26. The van der Waals surface area contributed by atoms with Crippen LogP contribution in [-0.4, -0.2) is 23.9 Å². The average molecular weight is 336 g/mol. The summed E-state index contributed by atoms with van der Waals surface area (Å²) in [7, 11) is 0. The van der Waals surface area contributed by atoms with Crippen LogP contribution in [0.2, 0.25) is 0 Å². The molecule has 0 aromatic heterocycles. The number of carbonyl (C=O) groups is 1. The number of aryl methyl sites for hydroxylation is 2. The SMILES string of the molecule is Cc1ccc(C)c(C(=O)NCc2cccc(CN3CCCCC3)c2)c1. The largest absolute Gasteiger partial charge is 0.348 e. The van der Waals surface area contributed by atoms with Crippen LogP contribution in [0.15, 0.2) is 42.5 Å². The van der Waals surface area contributed by atoms with Gasteiger partial charge in [0, 0.05) is 18.7 Å². The van der Waals surface area contributed by atoms with Crippen molar-refractivity contribution in [2.24, 2.45) is 0 Å². The monoisotopic (exact) mass is 336 g/mol. The maximum atomic E-state index is 12.5. The molecule has 1 heterocycles. The van der Waals surface area contributed by atoms with Gasteiger partial charge in [0.15, 0.2) is 0 Å². The smallest absolute Gasteiger partial charge is 0.251 e. The Balaban J connectivity index is 1.60. The van der Waals surface area contributed by atoms with Crippen molar-refractivity contribution in [3.05, 3.63) is 70.3 Å². The van der Waals surface area contributed by atoms with Gasteiger partial charge in [-0.15, -0.1) is 0 Å². The van der Waals surface area contributed by atoms with Crippen LogP contribution in [0.5, 0.6) is 0 Å². The van der Waals surface area contributed by atoms with E-state index in [-0.39, 0.29) is 5.91 Å². The molecular weight excluding hydrogens is 308 g/mol. The summed E-state index contributed by atoms with van der Waals surface area (Å²) in [4.78, 5) is 15.0. The van der Waals surface area contributed by atoms with Crippen molar-refractivity contribution in [3.8, 4) is 0 Å². The first-order valence-electron chi connectivity index (χ1n) is 9.27. The maximum absolute atomic E-state index is 12.5. The standard InChI is InChI=1S/C22H28N2O/c1-17-9-10-18(2)21(13-17)22(25)23-15-19-7-6-8-20(14-19)16-24-11-4-3-5-12-24/h6-10,13-14H,3-5,11-12,15-16H2,1-2H3,(H,23,25). The zero-order chi connectivity index (χ0) is 17.6. The molecule has 3 nitrogen and oxygen atoms in total. The predicted octanol–water partition coefficient (Wildman–Crippen LogP) is 4.22. The highest BCUT2D eigenvalue weighted by Gasteiger charge is 2.11. The Kier molecular flexibility index (Phi) is 5.87. The molecule has 1 aliphatic heterocycles. The molecule has 0 aliphatic carbocycles. The Morgan fingerprint density at radius 3 is 2.56 bits per heavy atom. The van der Waals surface area contributed by atoms with E-state index in [1.807, 2.05) is 32.0 Å². The van der Waals surface area contributed by atoms with E-state index in [4.69, 9.17) is 0 Å². The van der Waals surface area contributed by atoms with Crippen molar-refractivity contribution < 1.29 is 4.79 Å². The average Bonchev–Trinajstić information content (AvgIpc) is 2.63. The molecule has 0 bridgehead atoms. The Morgan fingerprint density at radius 2 is 1.76 bits per heavy atom. The van der Waals surface area contributed by atoms with Crippen LogP contribution in [0, 0.1) is 13.8 Å². The van der Waals surface area contributed by atoms with Crippen LogP contribution < -0.4 is 5.32 Å². The van der Waals surface area contributed by atoms with Gasteiger partial charge in [-0.1, -0.05) is 48.4 Å². The van der Waals surface area contributed by atoms with Crippen LogP contribution in [-0.2, 0) is 13.1 Å². The van der Waals surface area contributed by atoms with E-state index in [9.17, 15) is 4.79 Å². The molecule has 1 aliphatic rings. The minimum atomic E-state index is 0.00244. The van der Waals surface area contributed by atoms with Crippen LogP contribution in [0.3, 0.4) is 0 Å². The molecule has 1 amide bonds. The third-order valence-corrected chi connectivity index (χ3v) is 4.94. The van der Waals surface area contributed by atoms with E-state index in [1.54, 1.807) is 0 Å².